The number of nitrogens with one attached hydrogen (secondary N) is 2. The molecule has 28 heavy (non-hydrogen) atoms. The third kappa shape index (κ3) is 3.65. The minimum Gasteiger partial charge on any atom is -0.321 e. The quantitative estimate of drug-likeness (QED) is 0.452. The van der Waals surface area contributed by atoms with Crippen molar-refractivity contribution >= 4 is 45.6 Å². The average Bonchev–Trinajstić information content (AvgIpc) is 2.70. The van der Waals surface area contributed by atoms with Crippen LogP contribution in [0.4, 0.5) is 5.69 Å². The topological polar surface area (TPSA) is 62.0 Å². The third-order valence-electron chi connectivity index (χ3n) is 4.39. The molecule has 138 valence electrons. The summed E-state index contributed by atoms with van der Waals surface area (Å²) in [5.74, 6) is -0.560. The Morgan fingerprint density at radius 3 is 2.43 bits per heavy atom. The fourth-order valence-electron chi connectivity index (χ4n) is 2.96. The molecule has 1 aromatic heterocycles. The zero-order valence-electron chi connectivity index (χ0n) is 14.5. The third-order valence-corrected chi connectivity index (χ3v) is 4.96. The molecule has 0 aliphatic rings. The van der Waals surface area contributed by atoms with Gasteiger partial charge in [0.2, 0.25) is 0 Å². The Bertz CT molecular complexity index is 1260. The molecule has 0 aliphatic heterocycles. The lowest BCUT2D eigenvalue weighted by Gasteiger charge is -2.08. The Labute approximate surface area is 170 Å². The van der Waals surface area contributed by atoms with E-state index in [1.807, 2.05) is 42.5 Å². The van der Waals surface area contributed by atoms with E-state index in [9.17, 15) is 9.59 Å². The number of benzene rings is 3. The molecule has 0 saturated carbocycles. The molecule has 2 N–H and O–H groups in total. The van der Waals surface area contributed by atoms with Gasteiger partial charge in [-0.05, 0) is 52.7 Å². The first-order valence-electron chi connectivity index (χ1n) is 8.50. The number of anilines is 1. The highest BCUT2D eigenvalue weighted by atomic mass is 35.5. The molecular weight excluding hydrogens is 395 g/mol. The summed E-state index contributed by atoms with van der Waals surface area (Å²) >= 11 is 12.0. The molecular formula is C22H14Cl2N2O2. The molecule has 1 amide bonds. The number of hydrogen-bond donors (Lipinski definition) is 2. The number of halogens is 2. The van der Waals surface area contributed by atoms with Gasteiger partial charge in [-0.25, -0.2) is 0 Å². The Morgan fingerprint density at radius 2 is 1.64 bits per heavy atom. The van der Waals surface area contributed by atoms with E-state index >= 15 is 0 Å². The fraction of sp³-hybridized carbons (Fsp3) is 0. The number of carbonyl (C=O) groups excluding carboxylic acids is 1. The molecule has 0 fully saturated rings. The van der Waals surface area contributed by atoms with Crippen molar-refractivity contribution in [3.63, 3.8) is 0 Å². The van der Waals surface area contributed by atoms with Gasteiger partial charge in [0.15, 0.2) is 0 Å². The highest BCUT2D eigenvalue weighted by Gasteiger charge is 2.14. The van der Waals surface area contributed by atoms with Gasteiger partial charge >= 0.3 is 0 Å². The van der Waals surface area contributed by atoms with Crippen molar-refractivity contribution in [3.8, 4) is 11.3 Å². The number of aromatic amines is 1. The van der Waals surface area contributed by atoms with Crippen LogP contribution in [0.25, 0.3) is 22.0 Å². The number of aromatic nitrogens is 1. The van der Waals surface area contributed by atoms with E-state index in [-0.39, 0.29) is 5.56 Å². The molecule has 3 aromatic carbocycles. The van der Waals surface area contributed by atoms with E-state index in [4.69, 9.17) is 23.2 Å². The lowest BCUT2D eigenvalue weighted by atomic mass is 10.0. The number of amides is 1. The molecule has 0 bridgehead atoms. The Kier molecular flexibility index (Phi) is 4.90. The summed E-state index contributed by atoms with van der Waals surface area (Å²) in [7, 11) is 0. The monoisotopic (exact) mass is 408 g/mol. The molecule has 0 spiro atoms. The van der Waals surface area contributed by atoms with E-state index in [0.29, 0.717) is 21.4 Å². The smallest absolute Gasteiger partial charge is 0.261 e. The van der Waals surface area contributed by atoms with Crippen LogP contribution in [-0.4, -0.2) is 10.9 Å². The van der Waals surface area contributed by atoms with Gasteiger partial charge in [-0.2, -0.15) is 0 Å². The van der Waals surface area contributed by atoms with Gasteiger partial charge in [-0.1, -0.05) is 59.6 Å². The van der Waals surface area contributed by atoms with E-state index in [2.05, 4.69) is 10.3 Å². The number of H-pyrrole nitrogens is 1. The second-order valence-electron chi connectivity index (χ2n) is 6.26. The number of fused-ring (bicyclic) bond motifs is 1. The SMILES string of the molecule is O=C(Nc1cc(Cl)ccc1Cl)c1ccc(-c2ccc3ccccc3c2)[nH]c1=O. The Morgan fingerprint density at radius 1 is 0.857 bits per heavy atom. The van der Waals surface area contributed by atoms with Crippen LogP contribution < -0.4 is 10.9 Å². The Hall–Kier alpha value is -3.08. The van der Waals surface area contributed by atoms with Crippen LogP contribution in [-0.2, 0) is 0 Å². The van der Waals surface area contributed by atoms with Crippen LogP contribution in [0.5, 0.6) is 0 Å². The van der Waals surface area contributed by atoms with Crippen molar-refractivity contribution in [2.75, 3.05) is 5.32 Å². The lowest BCUT2D eigenvalue weighted by Crippen LogP contribution is -2.23. The number of rotatable bonds is 3. The fourth-order valence-corrected chi connectivity index (χ4v) is 3.30. The van der Waals surface area contributed by atoms with E-state index in [1.54, 1.807) is 18.2 Å². The second-order valence-corrected chi connectivity index (χ2v) is 7.10. The zero-order valence-corrected chi connectivity index (χ0v) is 16.0. The number of carbonyl (C=O) groups is 1. The molecule has 0 atom stereocenters. The predicted molar refractivity (Wildman–Crippen MR) is 114 cm³/mol. The second kappa shape index (κ2) is 7.50. The zero-order chi connectivity index (χ0) is 19.7. The molecule has 1 heterocycles. The van der Waals surface area contributed by atoms with Crippen molar-refractivity contribution in [3.05, 3.63) is 98.8 Å². The molecule has 0 radical (unpaired) electrons. The normalized spacial score (nSPS) is 10.8. The van der Waals surface area contributed by atoms with E-state index < -0.39 is 11.5 Å². The van der Waals surface area contributed by atoms with Crippen molar-refractivity contribution < 1.29 is 4.79 Å². The molecule has 0 saturated heterocycles. The van der Waals surface area contributed by atoms with Crippen LogP contribution in [0.1, 0.15) is 10.4 Å². The average molecular weight is 409 g/mol. The standard InChI is InChI=1S/C22H14Cl2N2O2/c23-16-7-9-18(24)20(12-16)26-22(28)17-8-10-19(25-21(17)27)15-6-5-13-3-1-2-4-14(13)11-15/h1-12H,(H,25,27)(H,26,28). The first-order chi connectivity index (χ1) is 13.5. The van der Waals surface area contributed by atoms with Gasteiger partial charge in [0.1, 0.15) is 5.56 Å². The number of pyridine rings is 1. The highest BCUT2D eigenvalue weighted by molar-refractivity contribution is 6.35. The molecule has 6 heteroatoms. The molecule has 4 aromatic rings. The van der Waals surface area contributed by atoms with Crippen molar-refractivity contribution in [1.29, 1.82) is 0 Å². The minimum atomic E-state index is -0.560. The first kappa shape index (κ1) is 18.3. The summed E-state index contributed by atoms with van der Waals surface area (Å²) in [6.45, 7) is 0. The van der Waals surface area contributed by atoms with Crippen LogP contribution >= 0.6 is 23.2 Å². The highest BCUT2D eigenvalue weighted by Crippen LogP contribution is 2.26. The van der Waals surface area contributed by atoms with Crippen molar-refractivity contribution in [2.24, 2.45) is 0 Å². The lowest BCUT2D eigenvalue weighted by molar-refractivity contribution is 0.102. The molecule has 0 unspecified atom stereocenters. The number of hydrogen-bond acceptors (Lipinski definition) is 2. The molecule has 4 nitrogen and oxygen atoms in total. The summed E-state index contributed by atoms with van der Waals surface area (Å²) in [6.07, 6.45) is 0. The van der Waals surface area contributed by atoms with Crippen molar-refractivity contribution in [1.82, 2.24) is 4.98 Å². The van der Waals surface area contributed by atoms with E-state index in [1.165, 1.54) is 12.1 Å². The summed E-state index contributed by atoms with van der Waals surface area (Å²) in [6, 6.07) is 21.8. The van der Waals surface area contributed by atoms with Gasteiger partial charge in [0, 0.05) is 10.7 Å². The van der Waals surface area contributed by atoms with E-state index in [0.717, 1.165) is 16.3 Å². The minimum absolute atomic E-state index is 0.0134. The summed E-state index contributed by atoms with van der Waals surface area (Å²) in [5.41, 5.74) is 1.34. The van der Waals surface area contributed by atoms with Gasteiger partial charge in [0.05, 0.1) is 10.7 Å². The van der Waals surface area contributed by atoms with Crippen LogP contribution in [0.15, 0.2) is 77.6 Å². The summed E-state index contributed by atoms with van der Waals surface area (Å²) < 4.78 is 0. The molecule has 4 rings (SSSR count). The van der Waals surface area contributed by atoms with Gasteiger partial charge in [0.25, 0.3) is 11.5 Å². The maximum absolute atomic E-state index is 12.5. The van der Waals surface area contributed by atoms with Crippen LogP contribution in [0, 0.1) is 0 Å². The Balaban J connectivity index is 1.64. The van der Waals surface area contributed by atoms with Crippen LogP contribution in [0.3, 0.4) is 0 Å². The summed E-state index contributed by atoms with van der Waals surface area (Å²) in [5, 5.41) is 5.56. The van der Waals surface area contributed by atoms with Gasteiger partial charge < -0.3 is 10.3 Å². The predicted octanol–water partition coefficient (Wildman–Crippen LogP) is 5.75. The molecule has 0 aliphatic carbocycles. The van der Waals surface area contributed by atoms with Gasteiger partial charge in [-0.3, -0.25) is 9.59 Å². The first-order valence-corrected chi connectivity index (χ1v) is 9.26. The van der Waals surface area contributed by atoms with Gasteiger partial charge in [-0.15, -0.1) is 0 Å². The summed E-state index contributed by atoms with van der Waals surface area (Å²) in [4.78, 5) is 27.7. The van der Waals surface area contributed by atoms with Crippen LogP contribution in [0.2, 0.25) is 10.0 Å². The van der Waals surface area contributed by atoms with Crippen molar-refractivity contribution in [2.45, 2.75) is 0 Å². The maximum Gasteiger partial charge on any atom is 0.261 e. The maximum atomic E-state index is 12.5. The largest absolute Gasteiger partial charge is 0.321 e.